The van der Waals surface area contributed by atoms with Gasteiger partial charge in [-0.05, 0) is 30.3 Å². The molecule has 4 N–H and O–H groups in total. The van der Waals surface area contributed by atoms with E-state index in [2.05, 4.69) is 22.5 Å². The number of urea groups is 1. The van der Waals surface area contributed by atoms with Crippen LogP contribution < -0.4 is 16.4 Å². The van der Waals surface area contributed by atoms with Gasteiger partial charge in [-0.25, -0.2) is 4.79 Å². The van der Waals surface area contributed by atoms with Crippen molar-refractivity contribution < 1.29 is 4.79 Å². The third-order valence-corrected chi connectivity index (χ3v) is 2.91. The second kappa shape index (κ2) is 7.34. The Morgan fingerprint density at radius 2 is 1.95 bits per heavy atom. The van der Waals surface area contributed by atoms with Gasteiger partial charge in [0.2, 0.25) is 0 Å². The fourth-order valence-electron chi connectivity index (χ4n) is 1.68. The van der Waals surface area contributed by atoms with Crippen molar-refractivity contribution in [1.82, 2.24) is 0 Å². The maximum atomic E-state index is 11.9. The van der Waals surface area contributed by atoms with Crippen molar-refractivity contribution in [3.8, 4) is 11.8 Å². The molecule has 0 saturated carbocycles. The van der Waals surface area contributed by atoms with Gasteiger partial charge in [0.15, 0.2) is 0 Å². The van der Waals surface area contributed by atoms with Gasteiger partial charge >= 0.3 is 6.03 Å². The molecule has 0 aromatic heterocycles. The van der Waals surface area contributed by atoms with Crippen molar-refractivity contribution in [2.75, 3.05) is 17.2 Å². The van der Waals surface area contributed by atoms with E-state index < -0.39 is 0 Å². The molecule has 0 aliphatic heterocycles. The number of amides is 2. The third kappa shape index (κ3) is 4.53. The van der Waals surface area contributed by atoms with E-state index in [0.717, 1.165) is 5.56 Å². The lowest BCUT2D eigenvalue weighted by Gasteiger charge is -2.09. The first-order chi connectivity index (χ1) is 10.2. The molecule has 2 rings (SSSR count). The van der Waals surface area contributed by atoms with Gasteiger partial charge in [0.05, 0.1) is 17.3 Å². The predicted octanol–water partition coefficient (Wildman–Crippen LogP) is 3.29. The molecule has 0 fully saturated rings. The van der Waals surface area contributed by atoms with Crippen molar-refractivity contribution in [3.05, 3.63) is 59.1 Å². The molecule has 0 aliphatic rings. The highest BCUT2D eigenvalue weighted by Gasteiger charge is 2.05. The van der Waals surface area contributed by atoms with Gasteiger partial charge < -0.3 is 16.4 Å². The van der Waals surface area contributed by atoms with Gasteiger partial charge in [-0.3, -0.25) is 0 Å². The highest BCUT2D eigenvalue weighted by atomic mass is 35.5. The van der Waals surface area contributed by atoms with E-state index in [4.69, 9.17) is 17.3 Å². The van der Waals surface area contributed by atoms with Crippen LogP contribution in [0.5, 0.6) is 0 Å². The summed E-state index contributed by atoms with van der Waals surface area (Å²) in [5.74, 6) is 5.67. The van der Waals surface area contributed by atoms with Crippen molar-refractivity contribution >= 4 is 29.0 Å². The first-order valence-corrected chi connectivity index (χ1v) is 6.68. The zero-order valence-corrected chi connectivity index (χ0v) is 11.9. The number of carbonyl (C=O) groups excluding carboxylic acids is 1. The third-order valence-electron chi connectivity index (χ3n) is 2.58. The van der Waals surface area contributed by atoms with E-state index in [1.807, 2.05) is 12.1 Å². The highest BCUT2D eigenvalue weighted by molar-refractivity contribution is 6.33. The largest absolute Gasteiger partial charge is 0.323 e. The zero-order chi connectivity index (χ0) is 15.1. The lowest BCUT2D eigenvalue weighted by molar-refractivity contribution is 0.262. The molecule has 0 radical (unpaired) electrons. The normalized spacial score (nSPS) is 9.43. The number of hydrogen-bond acceptors (Lipinski definition) is 2. The molecular formula is C16H14ClN3O. The van der Waals surface area contributed by atoms with E-state index in [0.29, 0.717) is 22.9 Å². The van der Waals surface area contributed by atoms with Gasteiger partial charge in [0.1, 0.15) is 0 Å². The Labute approximate surface area is 128 Å². The van der Waals surface area contributed by atoms with E-state index in [1.165, 1.54) is 0 Å². The molecule has 2 aromatic rings. The summed E-state index contributed by atoms with van der Waals surface area (Å²) in [5, 5.41) is 5.89. The Morgan fingerprint density at radius 3 is 2.71 bits per heavy atom. The summed E-state index contributed by atoms with van der Waals surface area (Å²) in [5.41, 5.74) is 7.31. The second-order valence-corrected chi connectivity index (χ2v) is 4.55. The SMILES string of the molecule is NCC#Cc1cccc(NC(=O)Nc2ccccc2Cl)c1. The number of benzene rings is 2. The standard InChI is InChI=1S/C16H14ClN3O/c17-14-8-1-2-9-15(14)20-16(21)19-13-7-3-5-12(11-13)6-4-10-18/h1-3,5,7-9,11H,10,18H2,(H2,19,20,21). The van der Waals surface area contributed by atoms with E-state index >= 15 is 0 Å². The van der Waals surface area contributed by atoms with Crippen molar-refractivity contribution in [2.45, 2.75) is 0 Å². The van der Waals surface area contributed by atoms with Crippen molar-refractivity contribution in [3.63, 3.8) is 0 Å². The number of rotatable bonds is 2. The number of nitrogens with one attached hydrogen (secondary N) is 2. The van der Waals surface area contributed by atoms with Gasteiger partial charge in [-0.15, -0.1) is 0 Å². The van der Waals surface area contributed by atoms with E-state index in [9.17, 15) is 4.79 Å². The van der Waals surface area contributed by atoms with Gasteiger partial charge in [0, 0.05) is 11.3 Å². The molecule has 4 nitrogen and oxygen atoms in total. The lowest BCUT2D eigenvalue weighted by Crippen LogP contribution is -2.19. The molecule has 5 heteroatoms. The molecule has 106 valence electrons. The molecule has 0 heterocycles. The van der Waals surface area contributed by atoms with Crippen LogP contribution in [-0.4, -0.2) is 12.6 Å². The van der Waals surface area contributed by atoms with Crippen LogP contribution in [0.1, 0.15) is 5.56 Å². The fourth-order valence-corrected chi connectivity index (χ4v) is 1.86. The summed E-state index contributed by atoms with van der Waals surface area (Å²) in [4.78, 5) is 11.9. The van der Waals surface area contributed by atoms with Crippen LogP contribution in [0.4, 0.5) is 16.2 Å². The first kappa shape index (κ1) is 14.9. The molecule has 21 heavy (non-hydrogen) atoms. The number of anilines is 2. The molecule has 0 unspecified atom stereocenters. The van der Waals surface area contributed by atoms with E-state index in [1.54, 1.807) is 36.4 Å². The van der Waals surface area contributed by atoms with Crippen LogP contribution in [0.25, 0.3) is 0 Å². The minimum Gasteiger partial charge on any atom is -0.320 e. The first-order valence-electron chi connectivity index (χ1n) is 6.30. The maximum absolute atomic E-state index is 11.9. The highest BCUT2D eigenvalue weighted by Crippen LogP contribution is 2.20. The zero-order valence-electron chi connectivity index (χ0n) is 11.2. The number of carbonyl (C=O) groups is 1. The minimum atomic E-state index is -0.368. The molecule has 0 atom stereocenters. The summed E-state index contributed by atoms with van der Waals surface area (Å²) >= 11 is 5.98. The number of para-hydroxylation sites is 1. The average Bonchev–Trinajstić information content (AvgIpc) is 2.48. The Morgan fingerprint density at radius 1 is 1.14 bits per heavy atom. The van der Waals surface area contributed by atoms with Crippen LogP contribution in [0.3, 0.4) is 0 Å². The smallest absolute Gasteiger partial charge is 0.320 e. The predicted molar refractivity (Wildman–Crippen MR) is 86.5 cm³/mol. The Balaban J connectivity index is 2.04. The number of nitrogens with two attached hydrogens (primary N) is 1. The van der Waals surface area contributed by atoms with E-state index in [-0.39, 0.29) is 6.03 Å². The molecular weight excluding hydrogens is 286 g/mol. The topological polar surface area (TPSA) is 67.1 Å². The maximum Gasteiger partial charge on any atom is 0.323 e. The van der Waals surface area contributed by atoms with Gasteiger partial charge in [-0.2, -0.15) is 0 Å². The minimum absolute atomic E-state index is 0.296. The Bertz CT molecular complexity index is 704. The van der Waals surface area contributed by atoms with Crippen molar-refractivity contribution in [2.24, 2.45) is 5.73 Å². The monoisotopic (exact) mass is 299 g/mol. The number of hydrogen-bond donors (Lipinski definition) is 3. The Kier molecular flexibility index (Phi) is 5.22. The summed E-state index contributed by atoms with van der Waals surface area (Å²) in [6.07, 6.45) is 0. The van der Waals surface area contributed by atoms with Gasteiger partial charge in [-0.1, -0.05) is 41.6 Å². The van der Waals surface area contributed by atoms with Crippen molar-refractivity contribution in [1.29, 1.82) is 0 Å². The van der Waals surface area contributed by atoms with Crippen LogP contribution in [0, 0.1) is 11.8 Å². The number of halogens is 1. The molecule has 2 amide bonds. The molecule has 0 spiro atoms. The quantitative estimate of drug-likeness (QED) is 0.745. The molecule has 2 aromatic carbocycles. The van der Waals surface area contributed by atoms with Crippen LogP contribution in [-0.2, 0) is 0 Å². The van der Waals surface area contributed by atoms with Crippen LogP contribution >= 0.6 is 11.6 Å². The van der Waals surface area contributed by atoms with Crippen LogP contribution in [0.15, 0.2) is 48.5 Å². The molecule has 0 saturated heterocycles. The van der Waals surface area contributed by atoms with Gasteiger partial charge in [0.25, 0.3) is 0 Å². The summed E-state index contributed by atoms with van der Waals surface area (Å²) < 4.78 is 0. The van der Waals surface area contributed by atoms with Crippen LogP contribution in [0.2, 0.25) is 5.02 Å². The second-order valence-electron chi connectivity index (χ2n) is 4.15. The summed E-state index contributed by atoms with van der Waals surface area (Å²) in [6.45, 7) is 0.296. The summed E-state index contributed by atoms with van der Waals surface area (Å²) in [6, 6.07) is 13.9. The molecule has 0 bridgehead atoms. The summed E-state index contributed by atoms with van der Waals surface area (Å²) in [7, 11) is 0. The Hall–Kier alpha value is -2.48. The average molecular weight is 300 g/mol. The molecule has 0 aliphatic carbocycles. The fraction of sp³-hybridized carbons (Fsp3) is 0.0625. The lowest BCUT2D eigenvalue weighted by atomic mass is 10.2.